The SMILES string of the molecule is O=C(c1conc1-c1ccccc1)N1CCN(c2ccccc2F)CC1. The monoisotopic (exact) mass is 351 g/mol. The van der Waals surface area contributed by atoms with Crippen molar-refractivity contribution >= 4 is 11.6 Å². The zero-order chi connectivity index (χ0) is 17.9. The summed E-state index contributed by atoms with van der Waals surface area (Å²) < 4.78 is 19.0. The van der Waals surface area contributed by atoms with Crippen LogP contribution in [0.2, 0.25) is 0 Å². The first-order chi connectivity index (χ1) is 12.7. The normalized spacial score (nSPS) is 14.5. The van der Waals surface area contributed by atoms with E-state index >= 15 is 0 Å². The topological polar surface area (TPSA) is 49.6 Å². The fourth-order valence-electron chi connectivity index (χ4n) is 3.22. The standard InChI is InChI=1S/C20H18FN3O2/c21-17-8-4-5-9-18(17)23-10-12-24(13-11-23)20(25)16-14-26-22-19(16)15-6-2-1-3-7-15/h1-9,14H,10-13H2. The van der Waals surface area contributed by atoms with Crippen molar-refractivity contribution in [3.8, 4) is 11.3 Å². The number of amides is 1. The summed E-state index contributed by atoms with van der Waals surface area (Å²) in [4.78, 5) is 16.6. The Bertz CT molecular complexity index is 902. The van der Waals surface area contributed by atoms with Gasteiger partial charge in [0.2, 0.25) is 0 Å². The average Bonchev–Trinajstić information content (AvgIpc) is 3.18. The van der Waals surface area contributed by atoms with Crippen LogP contribution in [0.3, 0.4) is 0 Å². The first-order valence-corrected chi connectivity index (χ1v) is 8.52. The van der Waals surface area contributed by atoms with Gasteiger partial charge < -0.3 is 14.3 Å². The first-order valence-electron chi connectivity index (χ1n) is 8.52. The van der Waals surface area contributed by atoms with Gasteiger partial charge in [0, 0.05) is 31.7 Å². The van der Waals surface area contributed by atoms with E-state index < -0.39 is 0 Å². The number of anilines is 1. The van der Waals surface area contributed by atoms with Gasteiger partial charge in [-0.3, -0.25) is 4.79 Å². The van der Waals surface area contributed by atoms with Crippen molar-refractivity contribution in [1.82, 2.24) is 10.1 Å². The summed E-state index contributed by atoms with van der Waals surface area (Å²) in [7, 11) is 0. The Labute approximate surface area is 150 Å². The number of halogens is 1. The predicted molar refractivity (Wildman–Crippen MR) is 96.5 cm³/mol. The molecular weight excluding hydrogens is 333 g/mol. The molecule has 1 fully saturated rings. The molecule has 0 unspecified atom stereocenters. The molecule has 26 heavy (non-hydrogen) atoms. The minimum Gasteiger partial charge on any atom is -0.366 e. The van der Waals surface area contributed by atoms with E-state index in [2.05, 4.69) is 5.16 Å². The van der Waals surface area contributed by atoms with Crippen LogP contribution in [0.1, 0.15) is 10.4 Å². The molecule has 0 bridgehead atoms. The number of benzene rings is 2. The Morgan fingerprint density at radius 3 is 2.38 bits per heavy atom. The number of hydrogen-bond donors (Lipinski definition) is 0. The van der Waals surface area contributed by atoms with Gasteiger partial charge in [-0.15, -0.1) is 0 Å². The minimum atomic E-state index is -0.238. The van der Waals surface area contributed by atoms with Gasteiger partial charge in [-0.25, -0.2) is 4.39 Å². The van der Waals surface area contributed by atoms with Crippen LogP contribution in [-0.4, -0.2) is 42.1 Å². The van der Waals surface area contributed by atoms with E-state index in [4.69, 9.17) is 4.52 Å². The van der Waals surface area contributed by atoms with Crippen molar-refractivity contribution in [2.24, 2.45) is 0 Å². The van der Waals surface area contributed by atoms with E-state index in [0.29, 0.717) is 43.1 Å². The average molecular weight is 351 g/mol. The van der Waals surface area contributed by atoms with Gasteiger partial charge in [-0.2, -0.15) is 0 Å². The minimum absolute atomic E-state index is 0.113. The third-order valence-corrected chi connectivity index (χ3v) is 4.61. The van der Waals surface area contributed by atoms with Crippen molar-refractivity contribution in [3.63, 3.8) is 0 Å². The molecule has 1 amide bonds. The van der Waals surface area contributed by atoms with Crippen molar-refractivity contribution in [3.05, 3.63) is 72.2 Å². The summed E-state index contributed by atoms with van der Waals surface area (Å²) in [6.07, 6.45) is 1.40. The molecule has 0 aliphatic carbocycles. The summed E-state index contributed by atoms with van der Waals surface area (Å²) in [5.74, 6) is -0.351. The Morgan fingerprint density at radius 1 is 0.962 bits per heavy atom. The maximum Gasteiger partial charge on any atom is 0.259 e. The molecule has 6 heteroatoms. The van der Waals surface area contributed by atoms with E-state index in [0.717, 1.165) is 5.56 Å². The molecule has 0 radical (unpaired) electrons. The van der Waals surface area contributed by atoms with E-state index in [1.54, 1.807) is 17.0 Å². The van der Waals surface area contributed by atoms with Crippen molar-refractivity contribution in [2.75, 3.05) is 31.1 Å². The lowest BCUT2D eigenvalue weighted by atomic mass is 10.1. The number of para-hydroxylation sites is 1. The lowest BCUT2D eigenvalue weighted by molar-refractivity contribution is 0.0746. The Balaban J connectivity index is 1.48. The molecule has 2 aromatic carbocycles. The molecule has 5 nitrogen and oxygen atoms in total. The van der Waals surface area contributed by atoms with E-state index in [1.807, 2.05) is 41.3 Å². The molecule has 1 saturated heterocycles. The molecule has 1 aliphatic rings. The summed E-state index contributed by atoms with van der Waals surface area (Å²) in [5.41, 5.74) is 2.42. The highest BCUT2D eigenvalue weighted by atomic mass is 19.1. The highest BCUT2D eigenvalue weighted by Gasteiger charge is 2.27. The van der Waals surface area contributed by atoms with Crippen LogP contribution in [0.15, 0.2) is 65.4 Å². The second-order valence-electron chi connectivity index (χ2n) is 6.17. The lowest BCUT2D eigenvalue weighted by Gasteiger charge is -2.36. The quantitative estimate of drug-likeness (QED) is 0.725. The number of carbonyl (C=O) groups is 1. The zero-order valence-corrected chi connectivity index (χ0v) is 14.1. The van der Waals surface area contributed by atoms with E-state index in [9.17, 15) is 9.18 Å². The fraction of sp³-hybridized carbons (Fsp3) is 0.200. The summed E-state index contributed by atoms with van der Waals surface area (Å²) in [5, 5.41) is 3.99. The highest BCUT2D eigenvalue weighted by Crippen LogP contribution is 2.25. The van der Waals surface area contributed by atoms with Gasteiger partial charge in [-0.05, 0) is 12.1 Å². The van der Waals surface area contributed by atoms with Crippen LogP contribution in [0.4, 0.5) is 10.1 Å². The van der Waals surface area contributed by atoms with Gasteiger partial charge >= 0.3 is 0 Å². The molecule has 0 saturated carbocycles. The number of aromatic nitrogens is 1. The van der Waals surface area contributed by atoms with Gasteiger partial charge in [0.25, 0.3) is 5.91 Å². The van der Waals surface area contributed by atoms with Gasteiger partial charge in [0.1, 0.15) is 23.3 Å². The molecule has 2 heterocycles. The smallest absolute Gasteiger partial charge is 0.259 e. The summed E-state index contributed by atoms with van der Waals surface area (Å²) >= 11 is 0. The van der Waals surface area contributed by atoms with Crippen LogP contribution in [0.5, 0.6) is 0 Å². The molecule has 0 atom stereocenters. The van der Waals surface area contributed by atoms with Gasteiger partial charge in [0.05, 0.1) is 5.69 Å². The predicted octanol–water partition coefficient (Wildman–Crippen LogP) is 3.44. The maximum atomic E-state index is 14.0. The summed E-state index contributed by atoms with van der Waals surface area (Å²) in [6, 6.07) is 16.2. The highest BCUT2D eigenvalue weighted by molar-refractivity contribution is 5.99. The van der Waals surface area contributed by atoms with E-state index in [-0.39, 0.29) is 11.7 Å². The molecule has 4 rings (SSSR count). The number of piperazine rings is 1. The zero-order valence-electron chi connectivity index (χ0n) is 14.1. The van der Waals surface area contributed by atoms with E-state index in [1.165, 1.54) is 12.3 Å². The van der Waals surface area contributed by atoms with Crippen LogP contribution in [0, 0.1) is 5.82 Å². The molecule has 132 valence electrons. The largest absolute Gasteiger partial charge is 0.366 e. The molecule has 1 aromatic heterocycles. The molecule has 0 N–H and O–H groups in total. The molecule has 3 aromatic rings. The van der Waals surface area contributed by atoms with Crippen LogP contribution < -0.4 is 4.90 Å². The maximum absolute atomic E-state index is 14.0. The third kappa shape index (κ3) is 3.06. The third-order valence-electron chi connectivity index (χ3n) is 4.61. The number of carbonyl (C=O) groups excluding carboxylic acids is 1. The van der Waals surface area contributed by atoms with Crippen molar-refractivity contribution in [1.29, 1.82) is 0 Å². The number of hydrogen-bond acceptors (Lipinski definition) is 4. The second-order valence-corrected chi connectivity index (χ2v) is 6.17. The Kier molecular flexibility index (Phi) is 4.39. The second kappa shape index (κ2) is 7.00. The van der Waals surface area contributed by atoms with Crippen molar-refractivity contribution in [2.45, 2.75) is 0 Å². The first kappa shape index (κ1) is 16.3. The molecule has 1 aliphatic heterocycles. The molecular formula is C20H18FN3O2. The van der Waals surface area contributed by atoms with Crippen LogP contribution in [-0.2, 0) is 0 Å². The van der Waals surface area contributed by atoms with Crippen molar-refractivity contribution < 1.29 is 13.7 Å². The number of nitrogens with zero attached hydrogens (tertiary/aromatic N) is 3. The summed E-state index contributed by atoms with van der Waals surface area (Å²) in [6.45, 7) is 2.20. The Morgan fingerprint density at radius 2 is 1.65 bits per heavy atom. The van der Waals surface area contributed by atoms with Crippen LogP contribution >= 0.6 is 0 Å². The Hall–Kier alpha value is -3.15. The van der Waals surface area contributed by atoms with Crippen LogP contribution in [0.25, 0.3) is 11.3 Å². The van der Waals surface area contributed by atoms with Gasteiger partial charge in [0.15, 0.2) is 0 Å². The molecule has 0 spiro atoms. The fourth-order valence-corrected chi connectivity index (χ4v) is 3.22. The van der Waals surface area contributed by atoms with Gasteiger partial charge in [-0.1, -0.05) is 47.6 Å². The lowest BCUT2D eigenvalue weighted by Crippen LogP contribution is -2.49. The number of rotatable bonds is 3.